The Morgan fingerprint density at radius 3 is 2.43 bits per heavy atom. The van der Waals surface area contributed by atoms with Gasteiger partial charge in [0.1, 0.15) is 5.75 Å². The number of rotatable bonds is 8. The minimum atomic E-state index is -0.288. The number of ether oxygens (including phenoxy) is 1. The van der Waals surface area contributed by atoms with Crippen molar-refractivity contribution in [2.24, 2.45) is 0 Å². The van der Waals surface area contributed by atoms with Crippen molar-refractivity contribution >= 4 is 29.1 Å². The maximum atomic E-state index is 12.7. The number of methoxy groups -OCH3 is 1. The number of hydrogen-bond donors (Lipinski definition) is 1. The third kappa shape index (κ3) is 5.83. The Balaban J connectivity index is 1.87. The van der Waals surface area contributed by atoms with Crippen molar-refractivity contribution in [3.05, 3.63) is 23.2 Å². The van der Waals surface area contributed by atoms with E-state index < -0.39 is 0 Å². The van der Waals surface area contributed by atoms with Crippen molar-refractivity contribution in [1.82, 2.24) is 14.7 Å². The monoisotopic (exact) mass is 410 g/mol. The molecule has 1 fully saturated rings. The first-order valence-corrected chi connectivity index (χ1v) is 10.2. The summed E-state index contributed by atoms with van der Waals surface area (Å²) in [5.41, 5.74) is 0.565. The van der Waals surface area contributed by atoms with Crippen molar-refractivity contribution in [3.63, 3.8) is 0 Å². The van der Waals surface area contributed by atoms with Crippen LogP contribution in [0.3, 0.4) is 0 Å². The Kier molecular flexibility index (Phi) is 8.54. The molecule has 28 heavy (non-hydrogen) atoms. The van der Waals surface area contributed by atoms with Gasteiger partial charge in [-0.05, 0) is 39.0 Å². The van der Waals surface area contributed by atoms with E-state index in [1.54, 1.807) is 25.3 Å². The molecule has 1 aliphatic heterocycles. The molecule has 2 amide bonds. The summed E-state index contributed by atoms with van der Waals surface area (Å²) in [6.07, 6.45) is 0. The van der Waals surface area contributed by atoms with Gasteiger partial charge in [-0.25, -0.2) is 0 Å². The molecule has 0 radical (unpaired) electrons. The zero-order valence-electron chi connectivity index (χ0n) is 17.2. The fraction of sp³-hybridized carbons (Fsp3) is 0.600. The molecule has 1 N–H and O–H groups in total. The predicted octanol–water partition coefficient (Wildman–Crippen LogP) is 2.16. The topological polar surface area (TPSA) is 65.1 Å². The SMILES string of the molecule is CCN(CC)C(=O)CN1CCN(C(C)C(=O)Nc2cc(Cl)ccc2OC)CC1. The molecular weight excluding hydrogens is 380 g/mol. The second kappa shape index (κ2) is 10.6. The molecule has 1 saturated heterocycles. The van der Waals surface area contributed by atoms with Gasteiger partial charge in [-0.15, -0.1) is 0 Å². The number of nitrogens with one attached hydrogen (secondary N) is 1. The summed E-state index contributed by atoms with van der Waals surface area (Å²) in [6, 6.07) is 4.85. The standard InChI is InChI=1S/C20H31ClN4O3/c1-5-24(6-2)19(26)14-23-9-11-25(12-10-23)15(3)20(27)22-17-13-16(21)7-8-18(17)28-4/h7-8,13,15H,5-6,9-12,14H2,1-4H3,(H,22,27). The van der Waals surface area contributed by atoms with E-state index >= 15 is 0 Å². The predicted molar refractivity (Wildman–Crippen MR) is 112 cm³/mol. The molecule has 0 bridgehead atoms. The van der Waals surface area contributed by atoms with Gasteiger partial charge >= 0.3 is 0 Å². The normalized spacial score (nSPS) is 16.5. The van der Waals surface area contributed by atoms with Gasteiger partial charge in [0, 0.05) is 44.3 Å². The fourth-order valence-electron chi connectivity index (χ4n) is 3.36. The van der Waals surface area contributed by atoms with Gasteiger partial charge in [0.05, 0.1) is 25.4 Å². The van der Waals surface area contributed by atoms with Crippen LogP contribution in [-0.2, 0) is 9.59 Å². The van der Waals surface area contributed by atoms with Crippen LogP contribution in [-0.4, -0.2) is 85.5 Å². The van der Waals surface area contributed by atoms with Crippen LogP contribution in [0.1, 0.15) is 20.8 Å². The molecule has 7 nitrogen and oxygen atoms in total. The third-order valence-electron chi connectivity index (χ3n) is 5.23. The van der Waals surface area contributed by atoms with Crippen LogP contribution in [0.2, 0.25) is 5.02 Å². The highest BCUT2D eigenvalue weighted by Crippen LogP contribution is 2.28. The second-order valence-electron chi connectivity index (χ2n) is 6.89. The molecule has 0 saturated carbocycles. The van der Waals surface area contributed by atoms with Gasteiger partial charge in [-0.3, -0.25) is 19.4 Å². The van der Waals surface area contributed by atoms with Crippen LogP contribution in [0.15, 0.2) is 18.2 Å². The number of hydrogen-bond acceptors (Lipinski definition) is 5. The molecule has 1 aliphatic rings. The van der Waals surface area contributed by atoms with Crippen molar-refractivity contribution in [2.75, 3.05) is 58.2 Å². The molecule has 1 atom stereocenters. The van der Waals surface area contributed by atoms with E-state index in [0.29, 0.717) is 23.0 Å². The van der Waals surface area contributed by atoms with E-state index in [-0.39, 0.29) is 17.9 Å². The summed E-state index contributed by atoms with van der Waals surface area (Å²) in [5.74, 6) is 0.634. The van der Waals surface area contributed by atoms with Gasteiger partial charge in [-0.1, -0.05) is 11.6 Å². The number of benzene rings is 1. The average molecular weight is 411 g/mol. The zero-order chi connectivity index (χ0) is 20.7. The molecule has 8 heteroatoms. The summed E-state index contributed by atoms with van der Waals surface area (Å²) in [5, 5.41) is 3.45. The summed E-state index contributed by atoms with van der Waals surface area (Å²) in [7, 11) is 1.56. The van der Waals surface area contributed by atoms with Crippen molar-refractivity contribution in [2.45, 2.75) is 26.8 Å². The number of nitrogens with zero attached hydrogens (tertiary/aromatic N) is 3. The Morgan fingerprint density at radius 2 is 1.86 bits per heavy atom. The van der Waals surface area contributed by atoms with E-state index in [9.17, 15) is 9.59 Å². The molecule has 1 aromatic rings. The van der Waals surface area contributed by atoms with Crippen LogP contribution in [0.5, 0.6) is 5.75 Å². The molecule has 0 aromatic heterocycles. The Morgan fingerprint density at radius 1 is 1.21 bits per heavy atom. The summed E-state index contributed by atoms with van der Waals surface area (Å²) >= 11 is 6.03. The van der Waals surface area contributed by atoms with Crippen LogP contribution in [0.4, 0.5) is 5.69 Å². The summed E-state index contributed by atoms with van der Waals surface area (Å²) in [4.78, 5) is 31.1. The smallest absolute Gasteiger partial charge is 0.241 e. The van der Waals surface area contributed by atoms with E-state index in [2.05, 4.69) is 15.1 Å². The first kappa shape index (κ1) is 22.5. The molecule has 2 rings (SSSR count). The van der Waals surface area contributed by atoms with E-state index in [1.807, 2.05) is 25.7 Å². The van der Waals surface area contributed by atoms with Crippen LogP contribution < -0.4 is 10.1 Å². The molecular formula is C20H31ClN4O3. The first-order valence-electron chi connectivity index (χ1n) is 9.78. The minimum absolute atomic E-state index is 0.103. The van der Waals surface area contributed by atoms with E-state index in [4.69, 9.17) is 16.3 Å². The summed E-state index contributed by atoms with van der Waals surface area (Å²) in [6.45, 7) is 10.8. The molecule has 0 aliphatic carbocycles. The lowest BCUT2D eigenvalue weighted by Gasteiger charge is -2.37. The maximum Gasteiger partial charge on any atom is 0.241 e. The third-order valence-corrected chi connectivity index (χ3v) is 5.46. The largest absolute Gasteiger partial charge is 0.495 e. The fourth-order valence-corrected chi connectivity index (χ4v) is 3.53. The van der Waals surface area contributed by atoms with Crippen molar-refractivity contribution in [3.8, 4) is 5.75 Å². The number of likely N-dealkylation sites (N-methyl/N-ethyl adjacent to an activating group) is 1. The number of carbonyl (C=O) groups is 2. The lowest BCUT2D eigenvalue weighted by molar-refractivity contribution is -0.133. The van der Waals surface area contributed by atoms with Crippen LogP contribution in [0, 0.1) is 0 Å². The first-order chi connectivity index (χ1) is 13.4. The van der Waals surface area contributed by atoms with Crippen LogP contribution in [0.25, 0.3) is 0 Å². The quantitative estimate of drug-likeness (QED) is 0.711. The summed E-state index contributed by atoms with van der Waals surface area (Å²) < 4.78 is 5.29. The molecule has 1 heterocycles. The van der Waals surface area contributed by atoms with Crippen LogP contribution >= 0.6 is 11.6 Å². The van der Waals surface area contributed by atoms with E-state index in [1.165, 1.54) is 0 Å². The Hall–Kier alpha value is -1.83. The van der Waals surface area contributed by atoms with Gasteiger partial charge in [0.15, 0.2) is 0 Å². The zero-order valence-corrected chi connectivity index (χ0v) is 18.0. The Labute approximate surface area is 172 Å². The molecule has 1 aromatic carbocycles. The van der Waals surface area contributed by atoms with Crippen molar-refractivity contribution in [1.29, 1.82) is 0 Å². The van der Waals surface area contributed by atoms with Gasteiger partial charge in [-0.2, -0.15) is 0 Å². The number of anilines is 1. The molecule has 156 valence electrons. The van der Waals surface area contributed by atoms with Gasteiger partial charge < -0.3 is 15.0 Å². The van der Waals surface area contributed by atoms with Gasteiger partial charge in [0.25, 0.3) is 0 Å². The molecule has 1 unspecified atom stereocenters. The molecule has 0 spiro atoms. The number of amides is 2. The number of halogens is 1. The maximum absolute atomic E-state index is 12.7. The number of carbonyl (C=O) groups excluding carboxylic acids is 2. The highest BCUT2D eigenvalue weighted by atomic mass is 35.5. The minimum Gasteiger partial charge on any atom is -0.495 e. The Bertz CT molecular complexity index is 673. The highest BCUT2D eigenvalue weighted by molar-refractivity contribution is 6.31. The lowest BCUT2D eigenvalue weighted by atomic mass is 10.2. The number of piperazine rings is 1. The van der Waals surface area contributed by atoms with Crippen molar-refractivity contribution < 1.29 is 14.3 Å². The average Bonchev–Trinajstić information content (AvgIpc) is 2.69. The lowest BCUT2D eigenvalue weighted by Crippen LogP contribution is -2.54. The van der Waals surface area contributed by atoms with Gasteiger partial charge in [0.2, 0.25) is 11.8 Å². The highest BCUT2D eigenvalue weighted by Gasteiger charge is 2.27. The second-order valence-corrected chi connectivity index (χ2v) is 7.32. The van der Waals surface area contributed by atoms with E-state index in [0.717, 1.165) is 39.3 Å².